The van der Waals surface area contributed by atoms with Crippen LogP contribution >= 0.6 is 0 Å². The third-order valence-corrected chi connectivity index (χ3v) is 4.46. The average Bonchev–Trinajstić information content (AvgIpc) is 3.15. The molecular weight excluding hydrogens is 386 g/mol. The number of nitrogens with two attached hydrogens (primary N) is 1. The van der Waals surface area contributed by atoms with Gasteiger partial charge in [0, 0.05) is 6.54 Å². The van der Waals surface area contributed by atoms with Gasteiger partial charge < -0.3 is 25.3 Å². The summed E-state index contributed by atoms with van der Waals surface area (Å²) >= 11 is 0. The van der Waals surface area contributed by atoms with Crippen molar-refractivity contribution in [1.82, 2.24) is 20.3 Å². The molecule has 0 bridgehead atoms. The first kappa shape index (κ1) is 21.0. The van der Waals surface area contributed by atoms with E-state index in [-0.39, 0.29) is 17.4 Å². The zero-order valence-electron chi connectivity index (χ0n) is 17.2. The third-order valence-electron chi connectivity index (χ3n) is 4.46. The molecule has 3 rings (SSSR count). The molecule has 1 aromatic heterocycles. The molecular formula is C21H25N5O4. The van der Waals surface area contributed by atoms with Crippen LogP contribution < -0.4 is 25.3 Å². The van der Waals surface area contributed by atoms with Crippen LogP contribution in [0, 0.1) is 0 Å². The van der Waals surface area contributed by atoms with E-state index in [1.165, 1.54) is 4.68 Å². The Balaban J connectivity index is 1.62. The highest BCUT2D eigenvalue weighted by atomic mass is 16.5. The molecule has 3 aromatic rings. The number of nitrogens with one attached hydrogen (secondary N) is 1. The first-order chi connectivity index (χ1) is 14.6. The van der Waals surface area contributed by atoms with Crippen LogP contribution in [0.2, 0.25) is 0 Å². The number of ether oxygens (including phenoxy) is 3. The van der Waals surface area contributed by atoms with Gasteiger partial charge in [-0.15, -0.1) is 5.10 Å². The summed E-state index contributed by atoms with van der Waals surface area (Å²) in [6.07, 6.45) is 0.610. The second-order valence-electron chi connectivity index (χ2n) is 6.36. The summed E-state index contributed by atoms with van der Waals surface area (Å²) in [5.41, 5.74) is 7.87. The van der Waals surface area contributed by atoms with Gasteiger partial charge in [0.1, 0.15) is 5.75 Å². The van der Waals surface area contributed by atoms with E-state index in [1.807, 2.05) is 37.3 Å². The number of carbonyl (C=O) groups is 1. The third kappa shape index (κ3) is 4.62. The number of nitrogens with zero attached hydrogens (tertiary/aromatic N) is 3. The number of hydrogen-bond acceptors (Lipinski definition) is 7. The van der Waals surface area contributed by atoms with E-state index in [0.29, 0.717) is 36.8 Å². The summed E-state index contributed by atoms with van der Waals surface area (Å²) < 4.78 is 17.4. The van der Waals surface area contributed by atoms with E-state index in [2.05, 4.69) is 15.6 Å². The first-order valence-corrected chi connectivity index (χ1v) is 9.50. The van der Waals surface area contributed by atoms with Gasteiger partial charge in [-0.25, -0.2) is 0 Å². The summed E-state index contributed by atoms with van der Waals surface area (Å²) in [5, 5.41) is 10.8. The van der Waals surface area contributed by atoms with Crippen LogP contribution in [0.5, 0.6) is 17.2 Å². The van der Waals surface area contributed by atoms with Crippen molar-refractivity contribution in [2.24, 2.45) is 0 Å². The normalized spacial score (nSPS) is 10.5. The Kier molecular flexibility index (Phi) is 6.74. The van der Waals surface area contributed by atoms with Gasteiger partial charge >= 0.3 is 0 Å². The van der Waals surface area contributed by atoms with E-state index >= 15 is 0 Å². The molecule has 0 unspecified atom stereocenters. The van der Waals surface area contributed by atoms with Crippen LogP contribution in [0.1, 0.15) is 23.0 Å². The molecule has 3 N–H and O–H groups in total. The largest absolute Gasteiger partial charge is 0.494 e. The van der Waals surface area contributed by atoms with Gasteiger partial charge in [0.2, 0.25) is 0 Å². The number of carbonyl (C=O) groups excluding carboxylic acids is 1. The number of hydrogen-bond donors (Lipinski definition) is 2. The topological polar surface area (TPSA) is 114 Å². The van der Waals surface area contributed by atoms with E-state index in [9.17, 15) is 4.79 Å². The molecule has 2 aromatic carbocycles. The lowest BCUT2D eigenvalue weighted by molar-refractivity contribution is 0.0950. The average molecular weight is 411 g/mol. The Morgan fingerprint density at radius 1 is 1.10 bits per heavy atom. The zero-order chi connectivity index (χ0) is 21.5. The second kappa shape index (κ2) is 9.64. The summed E-state index contributed by atoms with van der Waals surface area (Å²) in [6, 6.07) is 12.8. The highest BCUT2D eigenvalue weighted by Crippen LogP contribution is 2.27. The quantitative estimate of drug-likeness (QED) is 0.555. The van der Waals surface area contributed by atoms with E-state index in [0.717, 1.165) is 11.3 Å². The Morgan fingerprint density at radius 3 is 2.50 bits per heavy atom. The molecule has 0 radical (unpaired) electrons. The van der Waals surface area contributed by atoms with Gasteiger partial charge in [-0.05, 0) is 55.3 Å². The molecule has 158 valence electrons. The maximum absolute atomic E-state index is 12.5. The predicted octanol–water partition coefficient (Wildman–Crippen LogP) is 2.24. The fourth-order valence-electron chi connectivity index (χ4n) is 2.93. The number of benzene rings is 2. The highest BCUT2D eigenvalue weighted by Gasteiger charge is 2.18. The summed E-state index contributed by atoms with van der Waals surface area (Å²) in [5.74, 6) is 1.83. The fourth-order valence-corrected chi connectivity index (χ4v) is 2.93. The molecule has 0 aliphatic heterocycles. The fraction of sp³-hybridized carbons (Fsp3) is 0.286. The number of rotatable bonds is 9. The molecule has 0 aliphatic carbocycles. The lowest BCUT2D eigenvalue weighted by Crippen LogP contribution is -2.27. The SMILES string of the molecule is CCOc1ccc(-n2nnc(C(=O)NCCc3ccc(OC)c(OC)c3)c2N)cc1. The second-order valence-corrected chi connectivity index (χ2v) is 6.36. The van der Waals surface area contributed by atoms with Crippen molar-refractivity contribution >= 4 is 11.7 Å². The molecule has 9 nitrogen and oxygen atoms in total. The molecule has 0 saturated carbocycles. The van der Waals surface area contributed by atoms with Crippen LogP contribution in [-0.2, 0) is 6.42 Å². The standard InChI is InChI=1S/C21H25N5O4/c1-4-30-16-8-6-15(7-9-16)26-20(22)19(24-25-26)21(27)23-12-11-14-5-10-17(28-2)18(13-14)29-3/h5-10,13H,4,11-12,22H2,1-3H3,(H,23,27). The Hall–Kier alpha value is -3.75. The van der Waals surface area contributed by atoms with Gasteiger partial charge in [0.15, 0.2) is 23.0 Å². The predicted molar refractivity (Wildman–Crippen MR) is 113 cm³/mol. The van der Waals surface area contributed by atoms with Crippen LogP contribution in [0.3, 0.4) is 0 Å². The minimum absolute atomic E-state index is 0.0798. The van der Waals surface area contributed by atoms with E-state index in [4.69, 9.17) is 19.9 Å². The van der Waals surface area contributed by atoms with E-state index < -0.39 is 0 Å². The van der Waals surface area contributed by atoms with Crippen molar-refractivity contribution in [3.8, 4) is 22.9 Å². The van der Waals surface area contributed by atoms with Gasteiger partial charge in [0.05, 0.1) is 26.5 Å². The van der Waals surface area contributed by atoms with E-state index in [1.54, 1.807) is 26.4 Å². The molecule has 30 heavy (non-hydrogen) atoms. The monoisotopic (exact) mass is 411 g/mol. The molecule has 1 amide bonds. The van der Waals surface area contributed by atoms with Crippen molar-refractivity contribution < 1.29 is 19.0 Å². The minimum Gasteiger partial charge on any atom is -0.494 e. The molecule has 0 spiro atoms. The van der Waals surface area contributed by atoms with Crippen molar-refractivity contribution in [2.45, 2.75) is 13.3 Å². The van der Waals surface area contributed by atoms with Crippen molar-refractivity contribution in [2.75, 3.05) is 33.1 Å². The lowest BCUT2D eigenvalue weighted by atomic mass is 10.1. The van der Waals surface area contributed by atoms with Gasteiger partial charge in [-0.1, -0.05) is 11.3 Å². The maximum atomic E-state index is 12.5. The number of aromatic nitrogens is 3. The van der Waals surface area contributed by atoms with Crippen molar-refractivity contribution in [3.05, 3.63) is 53.7 Å². The van der Waals surface area contributed by atoms with Crippen LogP contribution in [0.4, 0.5) is 5.82 Å². The van der Waals surface area contributed by atoms with Gasteiger partial charge in [-0.3, -0.25) is 4.79 Å². The number of nitrogen functional groups attached to an aromatic ring is 1. The smallest absolute Gasteiger partial charge is 0.275 e. The molecule has 1 heterocycles. The van der Waals surface area contributed by atoms with Crippen LogP contribution in [0.25, 0.3) is 5.69 Å². The molecule has 0 atom stereocenters. The maximum Gasteiger partial charge on any atom is 0.275 e. The number of anilines is 1. The van der Waals surface area contributed by atoms with Gasteiger partial charge in [0.25, 0.3) is 5.91 Å². The molecule has 0 saturated heterocycles. The summed E-state index contributed by atoms with van der Waals surface area (Å²) in [4.78, 5) is 12.5. The molecule has 9 heteroatoms. The Bertz CT molecular complexity index is 1000. The summed E-state index contributed by atoms with van der Waals surface area (Å²) in [6.45, 7) is 2.90. The highest BCUT2D eigenvalue weighted by molar-refractivity contribution is 5.96. The van der Waals surface area contributed by atoms with Crippen molar-refractivity contribution in [3.63, 3.8) is 0 Å². The Labute approximate surface area is 174 Å². The number of methoxy groups -OCH3 is 2. The molecule has 0 fully saturated rings. The zero-order valence-corrected chi connectivity index (χ0v) is 17.2. The lowest BCUT2D eigenvalue weighted by Gasteiger charge is -2.10. The van der Waals surface area contributed by atoms with Crippen molar-refractivity contribution in [1.29, 1.82) is 0 Å². The van der Waals surface area contributed by atoms with Crippen LogP contribution in [-0.4, -0.2) is 48.3 Å². The van der Waals surface area contributed by atoms with Gasteiger partial charge in [-0.2, -0.15) is 4.68 Å². The van der Waals surface area contributed by atoms with Crippen LogP contribution in [0.15, 0.2) is 42.5 Å². The minimum atomic E-state index is -0.384. The summed E-state index contributed by atoms with van der Waals surface area (Å²) in [7, 11) is 3.17. The molecule has 0 aliphatic rings. The first-order valence-electron chi connectivity index (χ1n) is 9.50. The Morgan fingerprint density at radius 2 is 1.83 bits per heavy atom. The number of amides is 1.